The summed E-state index contributed by atoms with van der Waals surface area (Å²) in [7, 11) is 3.38. The molecule has 0 aromatic carbocycles. The van der Waals surface area contributed by atoms with Crippen molar-refractivity contribution in [2.75, 3.05) is 11.9 Å². The summed E-state index contributed by atoms with van der Waals surface area (Å²) >= 11 is 0. The lowest BCUT2D eigenvalue weighted by Crippen LogP contribution is -2.30. The second-order valence-electron chi connectivity index (χ2n) is 5.49. The quantitative estimate of drug-likeness (QED) is 0.854. The second-order valence-corrected chi connectivity index (χ2v) is 5.49. The van der Waals surface area contributed by atoms with Gasteiger partial charge in [-0.2, -0.15) is 10.2 Å². The van der Waals surface area contributed by atoms with E-state index in [1.54, 1.807) is 20.3 Å². The van der Waals surface area contributed by atoms with Crippen molar-refractivity contribution < 1.29 is 9.59 Å². The van der Waals surface area contributed by atoms with Crippen LogP contribution >= 0.6 is 0 Å². The van der Waals surface area contributed by atoms with Gasteiger partial charge in [0.1, 0.15) is 5.69 Å². The van der Waals surface area contributed by atoms with E-state index >= 15 is 0 Å². The van der Waals surface area contributed by atoms with Gasteiger partial charge in [0.15, 0.2) is 0 Å². The maximum Gasteiger partial charge on any atom is 0.271 e. The third kappa shape index (κ3) is 3.51. The smallest absolute Gasteiger partial charge is 0.271 e. The molecule has 0 spiro atoms. The third-order valence-electron chi connectivity index (χ3n) is 3.04. The molecule has 0 radical (unpaired) electrons. The van der Waals surface area contributed by atoms with Gasteiger partial charge < -0.3 is 10.6 Å². The maximum atomic E-state index is 12.2. The Labute approximate surface area is 128 Å². The molecule has 8 heteroatoms. The van der Waals surface area contributed by atoms with Gasteiger partial charge in [-0.3, -0.25) is 19.0 Å². The molecular weight excluding hydrogens is 284 g/mol. The van der Waals surface area contributed by atoms with Gasteiger partial charge in [0.2, 0.25) is 0 Å². The monoisotopic (exact) mass is 304 g/mol. The van der Waals surface area contributed by atoms with Crippen LogP contribution < -0.4 is 10.6 Å². The van der Waals surface area contributed by atoms with Crippen LogP contribution in [0.2, 0.25) is 0 Å². The van der Waals surface area contributed by atoms with E-state index in [0.29, 0.717) is 29.4 Å². The summed E-state index contributed by atoms with van der Waals surface area (Å²) in [5, 5.41) is 13.5. The van der Waals surface area contributed by atoms with Crippen molar-refractivity contribution >= 4 is 17.5 Å². The SMILES string of the molecule is CC(C)CNC(=O)c1c(NC(=O)c2cnn(C)c2)cnn1C. The molecule has 0 aliphatic heterocycles. The molecule has 2 aromatic rings. The lowest BCUT2D eigenvalue weighted by molar-refractivity contribution is 0.0940. The molecule has 2 heterocycles. The van der Waals surface area contributed by atoms with Gasteiger partial charge in [0.05, 0.1) is 23.6 Å². The average Bonchev–Trinajstić information content (AvgIpc) is 3.03. The molecule has 0 bridgehead atoms. The van der Waals surface area contributed by atoms with Crippen LogP contribution in [-0.2, 0) is 14.1 Å². The van der Waals surface area contributed by atoms with E-state index in [0.717, 1.165) is 0 Å². The van der Waals surface area contributed by atoms with Gasteiger partial charge in [-0.05, 0) is 5.92 Å². The van der Waals surface area contributed by atoms with Gasteiger partial charge >= 0.3 is 0 Å². The van der Waals surface area contributed by atoms with Crippen molar-refractivity contribution in [3.8, 4) is 0 Å². The van der Waals surface area contributed by atoms with Crippen molar-refractivity contribution in [1.82, 2.24) is 24.9 Å². The summed E-state index contributed by atoms with van der Waals surface area (Å²) in [6, 6.07) is 0. The van der Waals surface area contributed by atoms with E-state index in [-0.39, 0.29) is 11.8 Å². The number of aryl methyl sites for hydroxylation is 2. The minimum Gasteiger partial charge on any atom is -0.350 e. The summed E-state index contributed by atoms with van der Waals surface area (Å²) in [5.74, 6) is -0.264. The topological polar surface area (TPSA) is 93.8 Å². The van der Waals surface area contributed by atoms with E-state index in [9.17, 15) is 9.59 Å². The molecule has 0 aliphatic carbocycles. The molecule has 0 fully saturated rings. The van der Waals surface area contributed by atoms with Gasteiger partial charge in [0.25, 0.3) is 11.8 Å². The molecule has 0 saturated carbocycles. The number of amides is 2. The van der Waals surface area contributed by atoms with E-state index < -0.39 is 0 Å². The Morgan fingerprint density at radius 2 is 1.91 bits per heavy atom. The summed E-state index contributed by atoms with van der Waals surface area (Å²) in [6.07, 6.45) is 4.52. The number of nitrogens with one attached hydrogen (secondary N) is 2. The Morgan fingerprint density at radius 3 is 2.50 bits per heavy atom. The highest BCUT2D eigenvalue weighted by atomic mass is 16.2. The zero-order chi connectivity index (χ0) is 16.3. The minimum atomic E-state index is -0.334. The summed E-state index contributed by atoms with van der Waals surface area (Å²) in [4.78, 5) is 24.4. The van der Waals surface area contributed by atoms with E-state index in [1.165, 1.54) is 21.8 Å². The predicted octanol–water partition coefficient (Wildman–Crippen LogP) is 0.792. The van der Waals surface area contributed by atoms with Crippen molar-refractivity contribution in [1.29, 1.82) is 0 Å². The van der Waals surface area contributed by atoms with E-state index in [2.05, 4.69) is 20.8 Å². The summed E-state index contributed by atoms with van der Waals surface area (Å²) in [6.45, 7) is 4.57. The molecule has 2 N–H and O–H groups in total. The minimum absolute atomic E-state index is 0.268. The first-order valence-electron chi connectivity index (χ1n) is 6.98. The molecule has 2 amide bonds. The van der Waals surface area contributed by atoms with Crippen LogP contribution in [0.3, 0.4) is 0 Å². The number of carbonyl (C=O) groups excluding carboxylic acids is 2. The average molecular weight is 304 g/mol. The number of hydrogen-bond donors (Lipinski definition) is 2. The van der Waals surface area contributed by atoms with Crippen LogP contribution in [-0.4, -0.2) is 37.9 Å². The maximum absolute atomic E-state index is 12.2. The summed E-state index contributed by atoms with van der Waals surface area (Å²) < 4.78 is 2.98. The van der Waals surface area contributed by atoms with Crippen LogP contribution in [0, 0.1) is 5.92 Å². The zero-order valence-electron chi connectivity index (χ0n) is 13.1. The number of anilines is 1. The number of rotatable bonds is 5. The Balaban J connectivity index is 2.15. The Morgan fingerprint density at radius 1 is 1.18 bits per heavy atom. The fourth-order valence-electron chi connectivity index (χ4n) is 1.91. The number of hydrogen-bond acceptors (Lipinski definition) is 4. The molecule has 2 aromatic heterocycles. The first-order chi connectivity index (χ1) is 10.4. The fraction of sp³-hybridized carbons (Fsp3) is 0.429. The number of carbonyl (C=O) groups is 2. The van der Waals surface area contributed by atoms with Crippen molar-refractivity contribution in [3.63, 3.8) is 0 Å². The van der Waals surface area contributed by atoms with Gasteiger partial charge in [-0.25, -0.2) is 0 Å². The molecular formula is C14H20N6O2. The second kappa shape index (κ2) is 6.42. The first kappa shape index (κ1) is 15.7. The highest BCUT2D eigenvalue weighted by Gasteiger charge is 2.19. The molecule has 22 heavy (non-hydrogen) atoms. The Kier molecular flexibility index (Phi) is 4.59. The highest BCUT2D eigenvalue weighted by molar-refractivity contribution is 6.08. The van der Waals surface area contributed by atoms with Gasteiger partial charge in [0, 0.05) is 26.8 Å². The van der Waals surface area contributed by atoms with Crippen LogP contribution in [0.5, 0.6) is 0 Å². The largest absolute Gasteiger partial charge is 0.350 e. The van der Waals surface area contributed by atoms with Crippen LogP contribution in [0.4, 0.5) is 5.69 Å². The van der Waals surface area contributed by atoms with Crippen LogP contribution in [0.15, 0.2) is 18.6 Å². The molecule has 8 nitrogen and oxygen atoms in total. The Bertz CT molecular complexity index is 685. The molecule has 0 unspecified atom stereocenters. The molecule has 0 atom stereocenters. The normalized spacial score (nSPS) is 10.8. The first-order valence-corrected chi connectivity index (χ1v) is 6.98. The standard InChI is InChI=1S/C14H20N6O2/c1-9(2)5-15-14(22)12-11(7-17-20(12)4)18-13(21)10-6-16-19(3)8-10/h6-9H,5H2,1-4H3,(H,15,22)(H,18,21). The van der Waals surface area contributed by atoms with E-state index in [4.69, 9.17) is 0 Å². The predicted molar refractivity (Wildman–Crippen MR) is 81.5 cm³/mol. The molecule has 0 saturated heterocycles. The molecule has 2 rings (SSSR count). The van der Waals surface area contributed by atoms with Gasteiger partial charge in [-0.1, -0.05) is 13.8 Å². The van der Waals surface area contributed by atoms with Gasteiger partial charge in [-0.15, -0.1) is 0 Å². The Hall–Kier alpha value is -2.64. The van der Waals surface area contributed by atoms with E-state index in [1.807, 2.05) is 13.8 Å². The molecule has 0 aliphatic rings. The number of aromatic nitrogens is 4. The van der Waals surface area contributed by atoms with Crippen molar-refractivity contribution in [2.24, 2.45) is 20.0 Å². The lowest BCUT2D eigenvalue weighted by atomic mass is 10.2. The third-order valence-corrected chi connectivity index (χ3v) is 3.04. The number of nitrogens with zero attached hydrogens (tertiary/aromatic N) is 4. The van der Waals surface area contributed by atoms with Crippen molar-refractivity contribution in [2.45, 2.75) is 13.8 Å². The lowest BCUT2D eigenvalue weighted by Gasteiger charge is -2.10. The van der Waals surface area contributed by atoms with Crippen LogP contribution in [0.25, 0.3) is 0 Å². The van der Waals surface area contributed by atoms with Crippen molar-refractivity contribution in [3.05, 3.63) is 29.8 Å². The van der Waals surface area contributed by atoms with Crippen LogP contribution in [0.1, 0.15) is 34.7 Å². The highest BCUT2D eigenvalue weighted by Crippen LogP contribution is 2.15. The molecule has 118 valence electrons. The zero-order valence-corrected chi connectivity index (χ0v) is 13.1. The fourth-order valence-corrected chi connectivity index (χ4v) is 1.91. The summed E-state index contributed by atoms with van der Waals surface area (Å²) in [5.41, 5.74) is 1.11.